The van der Waals surface area contributed by atoms with Gasteiger partial charge in [-0.15, -0.1) is 0 Å². The number of ketones is 1. The van der Waals surface area contributed by atoms with Gasteiger partial charge in [0.2, 0.25) is 11.2 Å². The lowest BCUT2D eigenvalue weighted by atomic mass is 10.1. The Labute approximate surface area is 183 Å². The second-order valence-corrected chi connectivity index (χ2v) is 7.47. The fraction of sp³-hybridized carbons (Fsp3) is 0.120. The van der Waals surface area contributed by atoms with E-state index in [1.54, 1.807) is 67.8 Å². The van der Waals surface area contributed by atoms with Crippen LogP contribution in [-0.2, 0) is 0 Å². The number of fused-ring (bicyclic) bond motifs is 1. The molecule has 6 heteroatoms. The van der Waals surface area contributed by atoms with Crippen LogP contribution in [-0.4, -0.2) is 19.5 Å². The number of ether oxygens (including phenoxy) is 2. The molecular formula is C25H19ClO5. The fourth-order valence-electron chi connectivity index (χ4n) is 3.20. The molecule has 31 heavy (non-hydrogen) atoms. The van der Waals surface area contributed by atoms with Crippen LogP contribution in [0.1, 0.15) is 15.9 Å². The summed E-state index contributed by atoms with van der Waals surface area (Å²) >= 11 is 5.88. The van der Waals surface area contributed by atoms with Crippen LogP contribution >= 0.6 is 11.6 Å². The van der Waals surface area contributed by atoms with Gasteiger partial charge in [-0.2, -0.15) is 0 Å². The summed E-state index contributed by atoms with van der Waals surface area (Å²) in [7, 11) is 1.57. The first-order chi connectivity index (χ1) is 15.0. The van der Waals surface area contributed by atoms with Gasteiger partial charge in [-0.05, 0) is 73.2 Å². The molecule has 1 aromatic heterocycles. The Hall–Kier alpha value is -3.57. The number of halogens is 1. The third kappa shape index (κ3) is 4.32. The average Bonchev–Trinajstić information content (AvgIpc) is 2.78. The van der Waals surface area contributed by atoms with E-state index in [1.807, 2.05) is 13.0 Å². The second-order valence-electron chi connectivity index (χ2n) is 7.04. The summed E-state index contributed by atoms with van der Waals surface area (Å²) < 4.78 is 17.0. The van der Waals surface area contributed by atoms with E-state index in [4.69, 9.17) is 25.5 Å². The summed E-state index contributed by atoms with van der Waals surface area (Å²) in [5.74, 6) is 0.641. The third-order valence-corrected chi connectivity index (χ3v) is 5.12. The van der Waals surface area contributed by atoms with Crippen molar-refractivity contribution in [3.05, 3.63) is 93.1 Å². The number of methoxy groups -OCH3 is 1. The molecule has 1 heterocycles. The standard InChI is InChI=1S/C25H19ClO5/c1-15-3-12-20-22(13-15)31-24(17-6-10-19(29-2)11-7-17)25(23(20)28)30-14-21(27)16-4-8-18(26)9-5-16/h3-13H,14H2,1-2H3. The van der Waals surface area contributed by atoms with Gasteiger partial charge in [-0.1, -0.05) is 17.7 Å². The minimum absolute atomic E-state index is 0.0103. The van der Waals surface area contributed by atoms with E-state index in [0.717, 1.165) is 5.56 Å². The molecular weight excluding hydrogens is 416 g/mol. The van der Waals surface area contributed by atoms with E-state index in [0.29, 0.717) is 32.9 Å². The Morgan fingerprint density at radius 3 is 2.39 bits per heavy atom. The van der Waals surface area contributed by atoms with E-state index in [9.17, 15) is 9.59 Å². The molecule has 4 aromatic rings. The van der Waals surface area contributed by atoms with Gasteiger partial charge < -0.3 is 13.9 Å². The Morgan fingerprint density at radius 2 is 1.71 bits per heavy atom. The molecule has 0 saturated heterocycles. The maximum absolute atomic E-state index is 13.2. The number of Topliss-reactive ketones (excluding diaryl/α,β-unsaturated/α-hetero) is 1. The first kappa shape index (κ1) is 20.7. The number of benzene rings is 3. The Balaban J connectivity index is 1.77. The lowest BCUT2D eigenvalue weighted by molar-refractivity contribution is 0.0920. The van der Waals surface area contributed by atoms with E-state index in [-0.39, 0.29) is 29.3 Å². The van der Waals surface area contributed by atoms with Gasteiger partial charge in [0.05, 0.1) is 12.5 Å². The van der Waals surface area contributed by atoms with Crippen molar-refractivity contribution in [1.82, 2.24) is 0 Å². The van der Waals surface area contributed by atoms with Crippen LogP contribution in [0.5, 0.6) is 11.5 Å². The molecule has 0 aliphatic rings. The highest BCUT2D eigenvalue weighted by Gasteiger charge is 2.19. The number of rotatable bonds is 6. The van der Waals surface area contributed by atoms with Crippen molar-refractivity contribution >= 4 is 28.4 Å². The second kappa shape index (κ2) is 8.66. The van der Waals surface area contributed by atoms with Gasteiger partial charge in [0.25, 0.3) is 0 Å². The van der Waals surface area contributed by atoms with Gasteiger partial charge in [-0.25, -0.2) is 0 Å². The molecule has 0 bridgehead atoms. The van der Waals surface area contributed by atoms with Crippen molar-refractivity contribution < 1.29 is 18.7 Å². The Bertz CT molecular complexity index is 1310. The number of carbonyl (C=O) groups excluding carboxylic acids is 1. The SMILES string of the molecule is COc1ccc(-c2oc3cc(C)ccc3c(=O)c2OCC(=O)c2ccc(Cl)cc2)cc1. The maximum atomic E-state index is 13.2. The lowest BCUT2D eigenvalue weighted by Crippen LogP contribution is -2.17. The van der Waals surface area contributed by atoms with Crippen molar-refractivity contribution in [3.8, 4) is 22.8 Å². The average molecular weight is 435 g/mol. The highest BCUT2D eigenvalue weighted by atomic mass is 35.5. The summed E-state index contributed by atoms with van der Waals surface area (Å²) in [5.41, 5.74) is 2.15. The van der Waals surface area contributed by atoms with E-state index in [1.165, 1.54) is 0 Å². The molecule has 0 radical (unpaired) electrons. The van der Waals surface area contributed by atoms with Crippen molar-refractivity contribution in [3.63, 3.8) is 0 Å². The zero-order valence-electron chi connectivity index (χ0n) is 17.0. The third-order valence-electron chi connectivity index (χ3n) is 4.87. The quantitative estimate of drug-likeness (QED) is 0.364. The lowest BCUT2D eigenvalue weighted by Gasteiger charge is -2.12. The van der Waals surface area contributed by atoms with Gasteiger partial charge in [0.15, 0.2) is 18.2 Å². The molecule has 0 aliphatic heterocycles. The number of hydrogen-bond acceptors (Lipinski definition) is 5. The van der Waals surface area contributed by atoms with Crippen molar-refractivity contribution in [2.45, 2.75) is 6.92 Å². The zero-order chi connectivity index (χ0) is 22.0. The minimum Gasteiger partial charge on any atom is -0.497 e. The normalized spacial score (nSPS) is 10.8. The van der Waals surface area contributed by atoms with Crippen LogP contribution < -0.4 is 14.9 Å². The first-order valence-corrected chi connectivity index (χ1v) is 9.97. The van der Waals surface area contributed by atoms with Gasteiger partial charge in [0.1, 0.15) is 11.3 Å². The molecule has 0 atom stereocenters. The Morgan fingerprint density at radius 1 is 1.00 bits per heavy atom. The molecule has 0 amide bonds. The molecule has 0 saturated carbocycles. The van der Waals surface area contributed by atoms with Gasteiger partial charge in [0, 0.05) is 16.1 Å². The van der Waals surface area contributed by atoms with E-state index >= 15 is 0 Å². The van der Waals surface area contributed by atoms with Gasteiger partial charge in [-0.3, -0.25) is 9.59 Å². The molecule has 0 fully saturated rings. The molecule has 3 aromatic carbocycles. The summed E-state index contributed by atoms with van der Waals surface area (Å²) in [4.78, 5) is 25.8. The molecule has 0 unspecified atom stereocenters. The topological polar surface area (TPSA) is 65.7 Å². The van der Waals surface area contributed by atoms with Gasteiger partial charge >= 0.3 is 0 Å². The van der Waals surface area contributed by atoms with Crippen molar-refractivity contribution in [1.29, 1.82) is 0 Å². The van der Waals surface area contributed by atoms with Crippen LogP contribution in [0.25, 0.3) is 22.3 Å². The predicted octanol–water partition coefficient (Wildman–Crippen LogP) is 5.69. The van der Waals surface area contributed by atoms with Crippen LogP contribution in [0.3, 0.4) is 0 Å². The summed E-state index contributed by atoms with van der Waals surface area (Å²) in [5, 5.41) is 0.918. The fourth-order valence-corrected chi connectivity index (χ4v) is 3.33. The zero-order valence-corrected chi connectivity index (χ0v) is 17.7. The number of carbonyl (C=O) groups is 1. The Kier molecular flexibility index (Phi) is 5.78. The van der Waals surface area contributed by atoms with Crippen LogP contribution in [0.2, 0.25) is 5.02 Å². The molecule has 5 nitrogen and oxygen atoms in total. The number of hydrogen-bond donors (Lipinski definition) is 0. The highest BCUT2D eigenvalue weighted by Crippen LogP contribution is 2.32. The minimum atomic E-state index is -0.337. The van der Waals surface area contributed by atoms with E-state index in [2.05, 4.69) is 0 Å². The molecule has 0 N–H and O–H groups in total. The molecule has 4 rings (SSSR count). The molecule has 0 spiro atoms. The number of aryl methyl sites for hydroxylation is 1. The first-order valence-electron chi connectivity index (χ1n) is 9.59. The molecule has 0 aliphatic carbocycles. The summed E-state index contributed by atoms with van der Waals surface area (Å²) in [6.45, 7) is 1.61. The van der Waals surface area contributed by atoms with E-state index < -0.39 is 0 Å². The maximum Gasteiger partial charge on any atom is 0.235 e. The van der Waals surface area contributed by atoms with Crippen molar-refractivity contribution in [2.24, 2.45) is 0 Å². The molecule has 156 valence electrons. The van der Waals surface area contributed by atoms with Crippen LogP contribution in [0.15, 0.2) is 75.9 Å². The monoisotopic (exact) mass is 434 g/mol. The summed E-state index contributed by atoms with van der Waals surface area (Å²) in [6, 6.07) is 18.9. The largest absolute Gasteiger partial charge is 0.497 e. The van der Waals surface area contributed by atoms with Crippen molar-refractivity contribution in [2.75, 3.05) is 13.7 Å². The van der Waals surface area contributed by atoms with Crippen LogP contribution in [0.4, 0.5) is 0 Å². The predicted molar refractivity (Wildman–Crippen MR) is 120 cm³/mol. The highest BCUT2D eigenvalue weighted by molar-refractivity contribution is 6.30. The summed E-state index contributed by atoms with van der Waals surface area (Å²) in [6.07, 6.45) is 0. The smallest absolute Gasteiger partial charge is 0.235 e. The van der Waals surface area contributed by atoms with Crippen LogP contribution in [0, 0.1) is 6.92 Å².